The average molecular weight is 304 g/mol. The minimum absolute atomic E-state index is 0.155. The number of thiophene rings is 1. The van der Waals surface area contributed by atoms with E-state index in [9.17, 15) is 4.79 Å². The third-order valence-corrected chi connectivity index (χ3v) is 5.68. The van der Waals surface area contributed by atoms with E-state index < -0.39 is 0 Å². The van der Waals surface area contributed by atoms with Gasteiger partial charge in [-0.1, -0.05) is 32.1 Å². The lowest BCUT2D eigenvalue weighted by atomic mass is 9.78. The molecule has 0 atom stereocenters. The number of hydrogen-bond acceptors (Lipinski definition) is 3. The number of nitrogens with two attached hydrogens (primary N) is 1. The van der Waals surface area contributed by atoms with Crippen LogP contribution in [-0.2, 0) is 0 Å². The summed E-state index contributed by atoms with van der Waals surface area (Å²) >= 11 is 1.49. The fourth-order valence-corrected chi connectivity index (χ4v) is 3.62. The Hall–Kier alpha value is -1.31. The molecule has 4 heteroatoms. The molecule has 1 saturated heterocycles. The zero-order valence-corrected chi connectivity index (χ0v) is 14.0. The predicted molar refractivity (Wildman–Crippen MR) is 88.5 cm³/mol. The molecular weight excluding hydrogens is 280 g/mol. The van der Waals surface area contributed by atoms with E-state index in [0.29, 0.717) is 12.0 Å². The van der Waals surface area contributed by atoms with Crippen molar-refractivity contribution in [3.05, 3.63) is 21.4 Å². The van der Waals surface area contributed by atoms with E-state index in [-0.39, 0.29) is 5.91 Å². The zero-order chi connectivity index (χ0) is 15.5. The third kappa shape index (κ3) is 3.66. The lowest BCUT2D eigenvalue weighted by Gasteiger charge is -2.38. The summed E-state index contributed by atoms with van der Waals surface area (Å²) in [5.41, 5.74) is 6.88. The number of carbonyl (C=O) groups excluding carboxylic acids is 1. The van der Waals surface area contributed by atoms with Gasteiger partial charge in [0.05, 0.1) is 16.3 Å². The highest BCUT2D eigenvalue weighted by Gasteiger charge is 2.31. The van der Waals surface area contributed by atoms with E-state index >= 15 is 0 Å². The summed E-state index contributed by atoms with van der Waals surface area (Å²) in [6, 6.07) is 1.96. The SMILES string of the molecule is CCC1(C)CCN(C(=O)c2cc(C)c(C#CCN)s2)CC1. The van der Waals surface area contributed by atoms with Crippen molar-refractivity contribution in [2.24, 2.45) is 11.1 Å². The van der Waals surface area contributed by atoms with Gasteiger partial charge in [0.2, 0.25) is 0 Å². The number of aryl methyl sites for hydroxylation is 1. The van der Waals surface area contributed by atoms with E-state index in [4.69, 9.17) is 5.73 Å². The molecule has 1 aromatic heterocycles. The van der Waals surface area contributed by atoms with Gasteiger partial charge in [-0.05, 0) is 36.8 Å². The van der Waals surface area contributed by atoms with Gasteiger partial charge in [-0.2, -0.15) is 0 Å². The summed E-state index contributed by atoms with van der Waals surface area (Å²) in [5, 5.41) is 0. The van der Waals surface area contributed by atoms with Crippen LogP contribution in [0.4, 0.5) is 0 Å². The Labute approximate surface area is 131 Å². The Balaban J connectivity index is 2.08. The van der Waals surface area contributed by atoms with E-state index in [1.807, 2.05) is 17.9 Å². The number of likely N-dealkylation sites (tertiary alicyclic amines) is 1. The van der Waals surface area contributed by atoms with Crippen LogP contribution < -0.4 is 5.73 Å². The van der Waals surface area contributed by atoms with Crippen LogP contribution in [0.2, 0.25) is 0 Å². The van der Waals surface area contributed by atoms with Crippen LogP contribution in [0.15, 0.2) is 6.07 Å². The van der Waals surface area contributed by atoms with Crippen LogP contribution in [0.5, 0.6) is 0 Å². The van der Waals surface area contributed by atoms with Gasteiger partial charge >= 0.3 is 0 Å². The predicted octanol–water partition coefficient (Wildman–Crippen LogP) is 3.02. The van der Waals surface area contributed by atoms with Gasteiger partial charge in [-0.3, -0.25) is 4.79 Å². The molecule has 0 spiro atoms. The monoisotopic (exact) mass is 304 g/mol. The highest BCUT2D eigenvalue weighted by Crippen LogP contribution is 2.34. The molecule has 2 N–H and O–H groups in total. The van der Waals surface area contributed by atoms with Crippen LogP contribution >= 0.6 is 11.3 Å². The summed E-state index contributed by atoms with van der Waals surface area (Å²) in [5.74, 6) is 6.06. The van der Waals surface area contributed by atoms with Crippen molar-refractivity contribution >= 4 is 17.2 Å². The number of nitrogens with zero attached hydrogens (tertiary/aromatic N) is 1. The van der Waals surface area contributed by atoms with Gasteiger partial charge in [-0.25, -0.2) is 0 Å². The normalized spacial score (nSPS) is 17.2. The summed E-state index contributed by atoms with van der Waals surface area (Å²) in [6.07, 6.45) is 3.38. The molecule has 1 aliphatic rings. The number of rotatable bonds is 2. The maximum absolute atomic E-state index is 12.6. The number of hydrogen-bond donors (Lipinski definition) is 1. The Bertz CT molecular complexity index is 571. The van der Waals surface area contributed by atoms with Crippen molar-refractivity contribution in [3.8, 4) is 11.8 Å². The molecule has 2 rings (SSSR count). The first-order chi connectivity index (χ1) is 9.99. The highest BCUT2D eigenvalue weighted by atomic mass is 32.1. The Morgan fingerprint density at radius 1 is 1.48 bits per heavy atom. The molecule has 1 aliphatic heterocycles. The van der Waals surface area contributed by atoms with Crippen LogP contribution in [0.1, 0.15) is 53.2 Å². The van der Waals surface area contributed by atoms with Crippen molar-refractivity contribution in [3.63, 3.8) is 0 Å². The fraction of sp³-hybridized carbons (Fsp3) is 0.588. The molecule has 21 heavy (non-hydrogen) atoms. The molecule has 0 radical (unpaired) electrons. The van der Waals surface area contributed by atoms with Crippen LogP contribution in [-0.4, -0.2) is 30.4 Å². The van der Waals surface area contributed by atoms with E-state index in [2.05, 4.69) is 25.7 Å². The largest absolute Gasteiger partial charge is 0.338 e. The second-order valence-electron chi connectivity index (χ2n) is 6.09. The second kappa shape index (κ2) is 6.64. The third-order valence-electron chi connectivity index (χ3n) is 4.54. The summed E-state index contributed by atoms with van der Waals surface area (Å²) < 4.78 is 0. The maximum atomic E-state index is 12.6. The molecule has 114 valence electrons. The van der Waals surface area contributed by atoms with E-state index in [1.165, 1.54) is 17.8 Å². The van der Waals surface area contributed by atoms with Crippen molar-refractivity contribution in [1.82, 2.24) is 4.90 Å². The average Bonchev–Trinajstić information content (AvgIpc) is 2.86. The minimum atomic E-state index is 0.155. The summed E-state index contributed by atoms with van der Waals surface area (Å²) in [7, 11) is 0. The molecule has 0 saturated carbocycles. The van der Waals surface area contributed by atoms with Crippen molar-refractivity contribution < 1.29 is 4.79 Å². The Morgan fingerprint density at radius 2 is 2.14 bits per heavy atom. The van der Waals surface area contributed by atoms with Gasteiger partial charge < -0.3 is 10.6 Å². The van der Waals surface area contributed by atoms with Gasteiger partial charge in [-0.15, -0.1) is 11.3 Å². The van der Waals surface area contributed by atoms with Crippen LogP contribution in [0.3, 0.4) is 0 Å². The Kier molecular flexibility index (Phi) is 5.08. The maximum Gasteiger partial charge on any atom is 0.263 e. The van der Waals surface area contributed by atoms with Gasteiger partial charge in [0.15, 0.2) is 0 Å². The summed E-state index contributed by atoms with van der Waals surface area (Å²) in [6.45, 7) is 8.64. The summed E-state index contributed by atoms with van der Waals surface area (Å²) in [4.78, 5) is 16.3. The van der Waals surface area contributed by atoms with E-state index in [1.54, 1.807) is 0 Å². The molecule has 3 nitrogen and oxygen atoms in total. The minimum Gasteiger partial charge on any atom is -0.338 e. The highest BCUT2D eigenvalue weighted by molar-refractivity contribution is 7.14. The lowest BCUT2D eigenvalue weighted by molar-refractivity contribution is 0.0605. The molecule has 1 amide bonds. The first-order valence-electron chi connectivity index (χ1n) is 7.58. The van der Waals surface area contributed by atoms with Crippen LogP contribution in [0.25, 0.3) is 0 Å². The molecule has 0 bridgehead atoms. The molecular formula is C17H24N2OS. The molecule has 1 aromatic rings. The topological polar surface area (TPSA) is 46.3 Å². The number of amides is 1. The standard InChI is InChI=1S/C17H24N2OS/c1-4-17(3)7-10-19(11-8-17)16(20)15-12-13(2)14(21-15)6-5-9-18/h12H,4,7-11,18H2,1-3H3. The van der Waals surface area contributed by atoms with Gasteiger partial charge in [0.1, 0.15) is 0 Å². The first kappa shape index (κ1) is 16.1. The quantitative estimate of drug-likeness (QED) is 0.854. The fourth-order valence-electron chi connectivity index (χ4n) is 2.60. The van der Waals surface area contributed by atoms with Crippen molar-refractivity contribution in [2.75, 3.05) is 19.6 Å². The molecule has 2 heterocycles. The van der Waals surface area contributed by atoms with Gasteiger partial charge in [0.25, 0.3) is 5.91 Å². The molecule has 0 aromatic carbocycles. The first-order valence-corrected chi connectivity index (χ1v) is 8.39. The zero-order valence-electron chi connectivity index (χ0n) is 13.2. The molecule has 0 aliphatic carbocycles. The van der Waals surface area contributed by atoms with E-state index in [0.717, 1.165) is 41.2 Å². The van der Waals surface area contributed by atoms with Crippen LogP contribution in [0, 0.1) is 24.2 Å². The lowest BCUT2D eigenvalue weighted by Crippen LogP contribution is -2.41. The van der Waals surface area contributed by atoms with Crippen molar-refractivity contribution in [2.45, 2.75) is 40.0 Å². The van der Waals surface area contributed by atoms with Gasteiger partial charge in [0, 0.05) is 13.1 Å². The molecule has 1 fully saturated rings. The number of carbonyl (C=O) groups is 1. The van der Waals surface area contributed by atoms with Crippen molar-refractivity contribution in [1.29, 1.82) is 0 Å². The second-order valence-corrected chi connectivity index (χ2v) is 7.14. The smallest absolute Gasteiger partial charge is 0.263 e. The molecule has 0 unspecified atom stereocenters. The number of piperidine rings is 1. The Morgan fingerprint density at radius 3 is 2.71 bits per heavy atom.